The molecule has 2 aromatic rings. The number of rotatable bonds is 7. The lowest BCUT2D eigenvalue weighted by Crippen LogP contribution is -2.44. The van der Waals surface area contributed by atoms with Crippen LogP contribution in [0.25, 0.3) is 10.8 Å². The van der Waals surface area contributed by atoms with E-state index in [0.717, 1.165) is 35.1 Å². The van der Waals surface area contributed by atoms with Crippen molar-refractivity contribution in [1.29, 1.82) is 0 Å². The Balaban J connectivity index is 1.92. The molecule has 128 valence electrons. The first-order valence-corrected chi connectivity index (χ1v) is 8.70. The van der Waals surface area contributed by atoms with Crippen LogP contribution < -0.4 is 10.1 Å². The van der Waals surface area contributed by atoms with Crippen LogP contribution in [0.4, 0.5) is 5.69 Å². The maximum absolute atomic E-state index is 12.9. The first-order chi connectivity index (χ1) is 11.6. The van der Waals surface area contributed by atoms with Gasteiger partial charge in [0.05, 0.1) is 6.61 Å². The largest absolute Gasteiger partial charge is 0.493 e. The summed E-state index contributed by atoms with van der Waals surface area (Å²) in [5.41, 5.74) is 0.0414. The van der Waals surface area contributed by atoms with Gasteiger partial charge in [-0.15, -0.1) is 0 Å². The molecule has 0 heterocycles. The van der Waals surface area contributed by atoms with Gasteiger partial charge in [0.2, 0.25) is 0 Å². The Hall–Kier alpha value is -2.07. The van der Waals surface area contributed by atoms with Crippen molar-refractivity contribution in [3.05, 3.63) is 36.4 Å². The number of benzene rings is 2. The summed E-state index contributed by atoms with van der Waals surface area (Å²) >= 11 is 0. The molecule has 2 aromatic carbocycles. The van der Waals surface area contributed by atoms with Crippen molar-refractivity contribution >= 4 is 22.4 Å². The second kappa shape index (κ2) is 6.81. The Morgan fingerprint density at radius 2 is 1.83 bits per heavy atom. The van der Waals surface area contributed by atoms with E-state index in [1.807, 2.05) is 57.2 Å². The number of hydrogen-bond donors (Lipinski definition) is 1. The molecule has 1 aliphatic rings. The first-order valence-electron chi connectivity index (χ1n) is 8.70. The highest BCUT2D eigenvalue weighted by atomic mass is 16.5. The number of carbonyl (C=O) groups excluding carboxylic acids is 1. The van der Waals surface area contributed by atoms with Gasteiger partial charge >= 0.3 is 0 Å². The zero-order valence-corrected chi connectivity index (χ0v) is 14.6. The molecule has 3 rings (SSSR count). The Kier molecular flexibility index (Phi) is 4.76. The molecular weight excluding hydrogens is 302 g/mol. The molecule has 24 heavy (non-hydrogen) atoms. The molecule has 0 unspecified atom stereocenters. The Morgan fingerprint density at radius 1 is 1.12 bits per heavy atom. The van der Waals surface area contributed by atoms with E-state index in [0.29, 0.717) is 19.1 Å². The molecule has 0 bridgehead atoms. The SMILES string of the molecule is CCOc1ccc(NC(=O)[C@@](C)(OCC)C2CC2)c2ccccc12. The summed E-state index contributed by atoms with van der Waals surface area (Å²) in [6.45, 7) is 6.94. The third-order valence-electron chi connectivity index (χ3n) is 4.68. The van der Waals surface area contributed by atoms with E-state index in [4.69, 9.17) is 9.47 Å². The Morgan fingerprint density at radius 3 is 2.46 bits per heavy atom. The van der Waals surface area contributed by atoms with Gasteiger partial charge in [-0.2, -0.15) is 0 Å². The zero-order valence-electron chi connectivity index (χ0n) is 14.6. The van der Waals surface area contributed by atoms with E-state index >= 15 is 0 Å². The minimum atomic E-state index is -0.756. The highest BCUT2D eigenvalue weighted by molar-refractivity contribution is 6.06. The lowest BCUT2D eigenvalue weighted by Gasteiger charge is -2.28. The van der Waals surface area contributed by atoms with Crippen molar-refractivity contribution in [1.82, 2.24) is 0 Å². The summed E-state index contributed by atoms with van der Waals surface area (Å²) in [5, 5.41) is 5.06. The van der Waals surface area contributed by atoms with Crippen molar-refractivity contribution in [2.45, 2.75) is 39.2 Å². The van der Waals surface area contributed by atoms with Crippen LogP contribution in [0.1, 0.15) is 33.6 Å². The third-order valence-corrected chi connectivity index (χ3v) is 4.68. The molecule has 0 saturated heterocycles. The summed E-state index contributed by atoms with van der Waals surface area (Å²) < 4.78 is 11.5. The summed E-state index contributed by atoms with van der Waals surface area (Å²) in [7, 11) is 0. The van der Waals surface area contributed by atoms with Crippen LogP contribution in [0.2, 0.25) is 0 Å². The molecule has 0 aromatic heterocycles. The predicted molar refractivity (Wildman–Crippen MR) is 96.5 cm³/mol. The molecule has 0 spiro atoms. The number of nitrogens with one attached hydrogen (secondary N) is 1. The van der Waals surface area contributed by atoms with Gasteiger partial charge in [0.25, 0.3) is 5.91 Å². The monoisotopic (exact) mass is 327 g/mol. The van der Waals surface area contributed by atoms with Crippen molar-refractivity contribution in [2.24, 2.45) is 5.92 Å². The van der Waals surface area contributed by atoms with Crippen LogP contribution in [0.15, 0.2) is 36.4 Å². The minimum absolute atomic E-state index is 0.0684. The Labute approximate surface area is 143 Å². The fourth-order valence-electron chi connectivity index (χ4n) is 3.21. The lowest BCUT2D eigenvalue weighted by molar-refractivity contribution is -0.141. The van der Waals surface area contributed by atoms with Gasteiger partial charge < -0.3 is 14.8 Å². The molecule has 1 fully saturated rings. The van der Waals surface area contributed by atoms with Gasteiger partial charge in [0, 0.05) is 23.1 Å². The van der Waals surface area contributed by atoms with E-state index in [1.165, 1.54) is 0 Å². The van der Waals surface area contributed by atoms with Gasteiger partial charge in [0.15, 0.2) is 0 Å². The molecule has 1 saturated carbocycles. The van der Waals surface area contributed by atoms with Crippen LogP contribution in [0.3, 0.4) is 0 Å². The fourth-order valence-corrected chi connectivity index (χ4v) is 3.21. The molecule has 4 heteroatoms. The second-order valence-corrected chi connectivity index (χ2v) is 6.36. The minimum Gasteiger partial charge on any atom is -0.493 e. The maximum atomic E-state index is 12.9. The topological polar surface area (TPSA) is 47.6 Å². The van der Waals surface area contributed by atoms with Crippen molar-refractivity contribution < 1.29 is 14.3 Å². The number of anilines is 1. The van der Waals surface area contributed by atoms with Gasteiger partial charge in [-0.05, 0) is 51.7 Å². The van der Waals surface area contributed by atoms with Gasteiger partial charge in [-0.1, -0.05) is 24.3 Å². The molecule has 0 radical (unpaired) electrons. The summed E-state index contributed by atoms with van der Waals surface area (Å²) in [4.78, 5) is 12.9. The maximum Gasteiger partial charge on any atom is 0.256 e. The number of ether oxygens (including phenoxy) is 2. The molecule has 4 nitrogen and oxygen atoms in total. The van der Waals surface area contributed by atoms with E-state index in [1.54, 1.807) is 0 Å². The molecule has 1 N–H and O–H groups in total. The van der Waals surface area contributed by atoms with E-state index in [2.05, 4.69) is 5.32 Å². The first kappa shape index (κ1) is 16.8. The standard InChI is InChI=1S/C20H25NO3/c1-4-23-18-13-12-17(15-8-6-7-9-16(15)18)21-19(22)20(3,24-5-2)14-10-11-14/h6-9,12-14H,4-5,10-11H2,1-3H3,(H,21,22)/t20-/m0/s1. The summed E-state index contributed by atoms with van der Waals surface area (Å²) in [6, 6.07) is 11.8. The van der Waals surface area contributed by atoms with E-state index in [9.17, 15) is 4.79 Å². The smallest absolute Gasteiger partial charge is 0.256 e. The number of amides is 1. The van der Waals surface area contributed by atoms with Crippen LogP contribution >= 0.6 is 0 Å². The van der Waals surface area contributed by atoms with Gasteiger partial charge in [0.1, 0.15) is 11.4 Å². The number of fused-ring (bicyclic) bond motifs is 1. The second-order valence-electron chi connectivity index (χ2n) is 6.36. The van der Waals surface area contributed by atoms with Gasteiger partial charge in [-0.25, -0.2) is 0 Å². The zero-order chi connectivity index (χ0) is 17.2. The number of hydrogen-bond acceptors (Lipinski definition) is 3. The predicted octanol–water partition coefficient (Wildman–Crippen LogP) is 4.38. The number of carbonyl (C=O) groups is 1. The highest BCUT2D eigenvalue weighted by Gasteiger charge is 2.48. The van der Waals surface area contributed by atoms with E-state index < -0.39 is 5.60 Å². The van der Waals surface area contributed by atoms with Gasteiger partial charge in [-0.3, -0.25) is 4.79 Å². The summed E-state index contributed by atoms with van der Waals surface area (Å²) in [5.74, 6) is 1.08. The molecule has 1 atom stereocenters. The van der Waals surface area contributed by atoms with Crippen LogP contribution in [-0.4, -0.2) is 24.7 Å². The van der Waals surface area contributed by atoms with Crippen LogP contribution in [0.5, 0.6) is 5.75 Å². The Bertz CT molecular complexity index is 739. The average Bonchev–Trinajstić information content (AvgIpc) is 3.42. The summed E-state index contributed by atoms with van der Waals surface area (Å²) in [6.07, 6.45) is 2.10. The van der Waals surface area contributed by atoms with Crippen molar-refractivity contribution in [3.63, 3.8) is 0 Å². The van der Waals surface area contributed by atoms with E-state index in [-0.39, 0.29) is 5.91 Å². The molecule has 1 aliphatic carbocycles. The average molecular weight is 327 g/mol. The van der Waals surface area contributed by atoms with Crippen LogP contribution in [0, 0.1) is 5.92 Å². The fraction of sp³-hybridized carbons (Fsp3) is 0.450. The highest BCUT2D eigenvalue weighted by Crippen LogP contribution is 2.43. The van der Waals surface area contributed by atoms with Crippen molar-refractivity contribution in [3.8, 4) is 5.75 Å². The normalized spacial score (nSPS) is 16.6. The molecule has 1 amide bonds. The molecular formula is C20H25NO3. The van der Waals surface area contributed by atoms with Crippen LogP contribution in [-0.2, 0) is 9.53 Å². The van der Waals surface area contributed by atoms with Crippen molar-refractivity contribution in [2.75, 3.05) is 18.5 Å². The lowest BCUT2D eigenvalue weighted by atomic mass is 9.98. The molecule has 0 aliphatic heterocycles. The third kappa shape index (κ3) is 3.11. The quantitative estimate of drug-likeness (QED) is 0.821.